The predicted molar refractivity (Wildman–Crippen MR) is 140 cm³/mol. The maximum atomic E-state index is 14.1. The SMILES string of the molecule is Cc1cc(F)cc(CC(C[C@@H]2NCCN(Cc3ccccc3)C2=O)NC(=O)C2CC(=O)N(C(C)C)C2)c1. The Kier molecular flexibility index (Phi) is 8.59. The van der Waals surface area contributed by atoms with E-state index in [9.17, 15) is 18.8 Å². The normalized spacial score (nSPS) is 21.0. The van der Waals surface area contributed by atoms with Crippen LogP contribution in [0.2, 0.25) is 0 Å². The molecule has 4 rings (SSSR count). The molecule has 2 N–H and O–H groups in total. The van der Waals surface area contributed by atoms with Gasteiger partial charge >= 0.3 is 0 Å². The van der Waals surface area contributed by atoms with Crippen LogP contribution in [0, 0.1) is 18.7 Å². The van der Waals surface area contributed by atoms with Crippen LogP contribution < -0.4 is 10.6 Å². The lowest BCUT2D eigenvalue weighted by Crippen LogP contribution is -2.57. The first kappa shape index (κ1) is 26.8. The van der Waals surface area contributed by atoms with Crippen molar-refractivity contribution in [1.29, 1.82) is 0 Å². The van der Waals surface area contributed by atoms with Crippen LogP contribution in [0.25, 0.3) is 0 Å². The van der Waals surface area contributed by atoms with Gasteiger partial charge in [-0.2, -0.15) is 0 Å². The lowest BCUT2D eigenvalue weighted by molar-refractivity contribution is -0.137. The van der Waals surface area contributed by atoms with Gasteiger partial charge in [-0.05, 0) is 62.4 Å². The van der Waals surface area contributed by atoms with Crippen LogP contribution in [-0.4, -0.2) is 65.3 Å². The molecule has 0 radical (unpaired) electrons. The Morgan fingerprint density at radius 3 is 2.57 bits per heavy atom. The monoisotopic (exact) mass is 508 g/mol. The number of benzene rings is 2. The van der Waals surface area contributed by atoms with E-state index in [1.807, 2.05) is 62.1 Å². The number of hydrogen-bond donors (Lipinski definition) is 2. The van der Waals surface area contributed by atoms with E-state index >= 15 is 0 Å². The summed E-state index contributed by atoms with van der Waals surface area (Å²) in [5.41, 5.74) is 2.63. The molecule has 2 aliphatic rings. The van der Waals surface area contributed by atoms with E-state index in [-0.39, 0.29) is 36.0 Å². The molecule has 0 aromatic heterocycles. The Hall–Kier alpha value is -3.26. The van der Waals surface area contributed by atoms with Crippen LogP contribution in [0.1, 0.15) is 43.4 Å². The summed E-state index contributed by atoms with van der Waals surface area (Å²) in [5, 5.41) is 6.42. The highest BCUT2D eigenvalue weighted by Gasteiger charge is 2.37. The summed E-state index contributed by atoms with van der Waals surface area (Å²) in [6, 6.07) is 13.9. The first-order valence-corrected chi connectivity index (χ1v) is 13.1. The van der Waals surface area contributed by atoms with E-state index in [0.717, 1.165) is 16.7 Å². The van der Waals surface area contributed by atoms with E-state index in [0.29, 0.717) is 39.0 Å². The number of carbonyl (C=O) groups is 3. The first-order valence-electron chi connectivity index (χ1n) is 13.1. The molecule has 2 aromatic carbocycles. The predicted octanol–water partition coefficient (Wildman–Crippen LogP) is 2.81. The summed E-state index contributed by atoms with van der Waals surface area (Å²) >= 11 is 0. The van der Waals surface area contributed by atoms with Crippen molar-refractivity contribution >= 4 is 17.7 Å². The van der Waals surface area contributed by atoms with Gasteiger partial charge in [-0.1, -0.05) is 36.4 Å². The largest absolute Gasteiger partial charge is 0.353 e. The lowest BCUT2D eigenvalue weighted by atomic mass is 9.95. The van der Waals surface area contributed by atoms with Crippen LogP contribution in [-0.2, 0) is 27.3 Å². The van der Waals surface area contributed by atoms with Gasteiger partial charge in [-0.25, -0.2) is 4.39 Å². The second-order valence-electron chi connectivity index (χ2n) is 10.6. The summed E-state index contributed by atoms with van der Waals surface area (Å²) in [6.07, 6.45) is 0.949. The third kappa shape index (κ3) is 6.95. The quantitative estimate of drug-likeness (QED) is 0.546. The number of piperazine rings is 1. The molecule has 3 amide bonds. The molecule has 3 atom stereocenters. The number of halogens is 1. The molecular weight excluding hydrogens is 471 g/mol. The lowest BCUT2D eigenvalue weighted by Gasteiger charge is -2.35. The van der Waals surface area contributed by atoms with Gasteiger partial charge in [-0.15, -0.1) is 0 Å². The van der Waals surface area contributed by atoms with Gasteiger partial charge < -0.3 is 20.4 Å². The summed E-state index contributed by atoms with van der Waals surface area (Å²) in [6.45, 7) is 7.90. The Balaban J connectivity index is 1.48. The molecule has 2 heterocycles. The van der Waals surface area contributed by atoms with Gasteiger partial charge in [0.1, 0.15) is 5.82 Å². The van der Waals surface area contributed by atoms with Crippen molar-refractivity contribution in [3.8, 4) is 0 Å². The van der Waals surface area contributed by atoms with E-state index in [4.69, 9.17) is 0 Å². The van der Waals surface area contributed by atoms with E-state index in [2.05, 4.69) is 10.6 Å². The molecule has 0 saturated carbocycles. The van der Waals surface area contributed by atoms with Crippen molar-refractivity contribution in [1.82, 2.24) is 20.4 Å². The Bertz CT molecular complexity index is 1100. The molecule has 2 aliphatic heterocycles. The summed E-state index contributed by atoms with van der Waals surface area (Å²) in [5.74, 6) is -0.981. The van der Waals surface area contributed by atoms with Crippen LogP contribution in [0.3, 0.4) is 0 Å². The number of amides is 3. The molecule has 2 unspecified atom stereocenters. The maximum absolute atomic E-state index is 14.1. The van der Waals surface area contributed by atoms with Crippen molar-refractivity contribution in [3.63, 3.8) is 0 Å². The zero-order chi connectivity index (χ0) is 26.5. The molecule has 2 saturated heterocycles. The van der Waals surface area contributed by atoms with Gasteiger partial charge in [0.05, 0.1) is 12.0 Å². The van der Waals surface area contributed by atoms with Crippen molar-refractivity contribution in [2.45, 2.75) is 64.7 Å². The van der Waals surface area contributed by atoms with Gasteiger partial charge in [0.2, 0.25) is 17.7 Å². The van der Waals surface area contributed by atoms with Gasteiger partial charge in [-0.3, -0.25) is 14.4 Å². The highest BCUT2D eigenvalue weighted by Crippen LogP contribution is 2.22. The number of carbonyl (C=O) groups excluding carboxylic acids is 3. The highest BCUT2D eigenvalue weighted by molar-refractivity contribution is 5.89. The average Bonchev–Trinajstić information content (AvgIpc) is 3.24. The standard InChI is InChI=1S/C29H37FN4O3/c1-19(2)34-18-23(15-27(34)35)28(36)32-25(14-22-11-20(3)12-24(30)13-22)16-26-29(37)33(10-9-31-26)17-21-7-5-4-6-8-21/h4-8,11-13,19,23,25-26,31H,9-10,14-18H2,1-3H3,(H,32,36)/t23?,25?,26-/m0/s1. The molecule has 7 nitrogen and oxygen atoms in total. The molecule has 2 fully saturated rings. The minimum absolute atomic E-state index is 0.00759. The summed E-state index contributed by atoms with van der Waals surface area (Å²) < 4.78 is 14.1. The Labute approximate surface area is 218 Å². The van der Waals surface area contributed by atoms with Crippen molar-refractivity contribution in [3.05, 3.63) is 71.0 Å². The number of nitrogens with one attached hydrogen (secondary N) is 2. The minimum atomic E-state index is -0.463. The van der Waals surface area contributed by atoms with Crippen molar-refractivity contribution < 1.29 is 18.8 Å². The number of hydrogen-bond acceptors (Lipinski definition) is 4. The molecule has 8 heteroatoms. The second kappa shape index (κ2) is 11.9. The number of rotatable bonds is 9. The van der Waals surface area contributed by atoms with Crippen LogP contribution >= 0.6 is 0 Å². The number of likely N-dealkylation sites (tertiary alicyclic amines) is 1. The average molecular weight is 509 g/mol. The molecular formula is C29H37FN4O3. The first-order chi connectivity index (χ1) is 17.7. The maximum Gasteiger partial charge on any atom is 0.240 e. The molecule has 2 aromatic rings. The van der Waals surface area contributed by atoms with Crippen LogP contribution in [0.15, 0.2) is 48.5 Å². The number of nitrogens with zero attached hydrogens (tertiary/aromatic N) is 2. The van der Waals surface area contributed by atoms with E-state index in [1.165, 1.54) is 12.1 Å². The fourth-order valence-electron chi connectivity index (χ4n) is 5.35. The summed E-state index contributed by atoms with van der Waals surface area (Å²) in [7, 11) is 0. The zero-order valence-corrected chi connectivity index (χ0v) is 21.9. The minimum Gasteiger partial charge on any atom is -0.353 e. The van der Waals surface area contributed by atoms with E-state index in [1.54, 1.807) is 4.90 Å². The van der Waals surface area contributed by atoms with Crippen molar-refractivity contribution in [2.24, 2.45) is 5.92 Å². The highest BCUT2D eigenvalue weighted by atomic mass is 19.1. The second-order valence-corrected chi connectivity index (χ2v) is 10.6. The van der Waals surface area contributed by atoms with Gasteiger partial charge in [0.15, 0.2) is 0 Å². The molecule has 0 spiro atoms. The number of aryl methyl sites for hydroxylation is 1. The third-order valence-electron chi connectivity index (χ3n) is 7.20. The Morgan fingerprint density at radius 2 is 1.89 bits per heavy atom. The van der Waals surface area contributed by atoms with Crippen LogP contribution in [0.4, 0.5) is 4.39 Å². The van der Waals surface area contributed by atoms with Gasteiger partial charge in [0.25, 0.3) is 0 Å². The fraction of sp³-hybridized carbons (Fsp3) is 0.483. The van der Waals surface area contributed by atoms with Crippen molar-refractivity contribution in [2.75, 3.05) is 19.6 Å². The zero-order valence-electron chi connectivity index (χ0n) is 21.9. The topological polar surface area (TPSA) is 81.8 Å². The van der Waals surface area contributed by atoms with Crippen LogP contribution in [0.5, 0.6) is 0 Å². The van der Waals surface area contributed by atoms with E-state index < -0.39 is 18.0 Å². The molecule has 0 bridgehead atoms. The third-order valence-corrected chi connectivity index (χ3v) is 7.20. The smallest absolute Gasteiger partial charge is 0.240 e. The Morgan fingerprint density at radius 1 is 1.14 bits per heavy atom. The summed E-state index contributed by atoms with van der Waals surface area (Å²) in [4.78, 5) is 42.6. The van der Waals surface area contributed by atoms with Gasteiger partial charge in [0, 0.05) is 44.7 Å². The molecule has 0 aliphatic carbocycles. The fourth-order valence-corrected chi connectivity index (χ4v) is 5.35. The molecule has 198 valence electrons. The molecule has 37 heavy (non-hydrogen) atoms.